The van der Waals surface area contributed by atoms with Crippen molar-refractivity contribution in [3.63, 3.8) is 0 Å². The molecule has 2 aromatic rings. The van der Waals surface area contributed by atoms with Crippen molar-refractivity contribution in [1.82, 2.24) is 19.8 Å². The van der Waals surface area contributed by atoms with Crippen LogP contribution in [0.4, 0.5) is 13.2 Å². The maximum absolute atomic E-state index is 12.1. The molecule has 0 unspecified atom stereocenters. The molecule has 2 rings (SSSR count). The number of rotatable bonds is 6. The number of nitrogens with one attached hydrogen (secondary N) is 1. The van der Waals surface area contributed by atoms with E-state index in [-0.39, 0.29) is 5.56 Å². The molecule has 0 aliphatic rings. The molecule has 130 valence electrons. The lowest BCUT2D eigenvalue weighted by atomic mass is 10.1. The summed E-state index contributed by atoms with van der Waals surface area (Å²) in [7, 11) is 1.87. The predicted molar refractivity (Wildman–Crippen MR) is 84.9 cm³/mol. The molecule has 0 saturated carbocycles. The molecule has 1 heterocycles. The molecule has 10 heteroatoms. The molecule has 0 fully saturated rings. The normalized spacial score (nSPS) is 11.8. The fraction of sp³-hybridized carbons (Fsp3) is 0.357. The number of halogens is 4. The highest BCUT2D eigenvalue weighted by Gasteiger charge is 2.27. The molecule has 0 saturated heterocycles. The van der Waals surface area contributed by atoms with Crippen molar-refractivity contribution in [2.24, 2.45) is 0 Å². The van der Waals surface area contributed by atoms with Crippen LogP contribution in [0.5, 0.6) is 0 Å². The Kier molecular flexibility index (Phi) is 6.14. The highest BCUT2D eigenvalue weighted by atomic mass is 35.5. The van der Waals surface area contributed by atoms with Gasteiger partial charge in [-0.3, -0.25) is 9.69 Å². The number of alkyl halides is 3. The average Bonchev–Trinajstić information content (AvgIpc) is 2.90. The minimum absolute atomic E-state index is 0.178. The Morgan fingerprint density at radius 1 is 1.29 bits per heavy atom. The van der Waals surface area contributed by atoms with Crippen molar-refractivity contribution >= 4 is 29.0 Å². The lowest BCUT2D eigenvalue weighted by Gasteiger charge is -2.15. The summed E-state index contributed by atoms with van der Waals surface area (Å²) in [5.41, 5.74) is 1.77. The lowest BCUT2D eigenvalue weighted by molar-refractivity contribution is -0.123. The second kappa shape index (κ2) is 7.91. The first-order chi connectivity index (χ1) is 11.2. The van der Waals surface area contributed by atoms with E-state index in [0.29, 0.717) is 23.1 Å². The van der Waals surface area contributed by atoms with E-state index >= 15 is 0 Å². The van der Waals surface area contributed by atoms with Gasteiger partial charge < -0.3 is 5.32 Å². The van der Waals surface area contributed by atoms with Gasteiger partial charge >= 0.3 is 6.18 Å². The molecule has 0 aliphatic heterocycles. The monoisotopic (exact) mass is 378 g/mol. The third-order valence-corrected chi connectivity index (χ3v) is 4.03. The zero-order valence-electron chi connectivity index (χ0n) is 12.6. The van der Waals surface area contributed by atoms with Gasteiger partial charge in [0.2, 0.25) is 0 Å². The second-order valence-corrected chi connectivity index (χ2v) is 6.52. The molecule has 1 aromatic carbocycles. The van der Waals surface area contributed by atoms with Crippen LogP contribution in [-0.2, 0) is 13.1 Å². The van der Waals surface area contributed by atoms with Crippen LogP contribution in [0.25, 0.3) is 0 Å². The number of amides is 1. The molecule has 1 amide bonds. The van der Waals surface area contributed by atoms with E-state index in [9.17, 15) is 18.0 Å². The van der Waals surface area contributed by atoms with E-state index in [4.69, 9.17) is 11.6 Å². The molecular formula is C14H14ClF3N4OS. The number of hydrogen-bond donors (Lipinski definition) is 1. The first-order valence-corrected chi connectivity index (χ1v) is 7.99. The van der Waals surface area contributed by atoms with Crippen molar-refractivity contribution in [3.05, 3.63) is 45.4 Å². The van der Waals surface area contributed by atoms with Gasteiger partial charge in [0.1, 0.15) is 16.6 Å². The van der Waals surface area contributed by atoms with Gasteiger partial charge in [-0.25, -0.2) is 0 Å². The van der Waals surface area contributed by atoms with Gasteiger partial charge in [-0.05, 0) is 24.7 Å². The number of carbonyl (C=O) groups is 1. The predicted octanol–water partition coefficient (Wildman–Crippen LogP) is 3.12. The summed E-state index contributed by atoms with van der Waals surface area (Å²) in [4.78, 5) is 13.6. The van der Waals surface area contributed by atoms with Crippen LogP contribution in [0.15, 0.2) is 24.3 Å². The fourth-order valence-electron chi connectivity index (χ4n) is 1.96. The molecule has 1 N–H and O–H groups in total. The fourth-order valence-corrected chi connectivity index (χ4v) is 2.57. The Balaban J connectivity index is 1.89. The summed E-state index contributed by atoms with van der Waals surface area (Å²) in [5, 5.41) is 5.76. The second-order valence-electron chi connectivity index (χ2n) is 5.16. The molecular weight excluding hydrogens is 365 g/mol. The van der Waals surface area contributed by atoms with Gasteiger partial charge in [0.15, 0.2) is 0 Å². The van der Waals surface area contributed by atoms with Gasteiger partial charge in [-0.2, -0.15) is 13.2 Å². The zero-order valence-corrected chi connectivity index (χ0v) is 14.2. The smallest absolute Gasteiger partial charge is 0.343 e. The summed E-state index contributed by atoms with van der Waals surface area (Å²) in [5.74, 6) is -0.757. The van der Waals surface area contributed by atoms with Crippen LogP contribution in [0.1, 0.15) is 21.6 Å². The van der Waals surface area contributed by atoms with E-state index in [2.05, 4.69) is 9.59 Å². The van der Waals surface area contributed by atoms with Crippen LogP contribution < -0.4 is 5.32 Å². The van der Waals surface area contributed by atoms with Crippen LogP contribution in [0, 0.1) is 0 Å². The molecule has 1 aromatic heterocycles. The van der Waals surface area contributed by atoms with Crippen molar-refractivity contribution in [2.75, 3.05) is 13.6 Å². The highest BCUT2D eigenvalue weighted by molar-refractivity contribution is 7.10. The summed E-state index contributed by atoms with van der Waals surface area (Å²) in [6.07, 6.45) is -4.43. The SMILES string of the molecule is CN(Cc1ccc(C(=O)NCC(F)(F)F)cc1)Cc1nnsc1Cl. The number of hydrogen-bond acceptors (Lipinski definition) is 5. The summed E-state index contributed by atoms with van der Waals surface area (Å²) >= 11 is 7.06. The van der Waals surface area contributed by atoms with Crippen molar-refractivity contribution < 1.29 is 18.0 Å². The van der Waals surface area contributed by atoms with E-state index in [1.165, 1.54) is 12.1 Å². The first kappa shape index (κ1) is 18.6. The van der Waals surface area contributed by atoms with Crippen molar-refractivity contribution in [1.29, 1.82) is 0 Å². The summed E-state index contributed by atoms with van der Waals surface area (Å²) < 4.78 is 40.6. The molecule has 24 heavy (non-hydrogen) atoms. The third-order valence-electron chi connectivity index (χ3n) is 3.05. The molecule has 0 spiro atoms. The van der Waals surface area contributed by atoms with E-state index < -0.39 is 18.6 Å². The molecule has 0 radical (unpaired) electrons. The maximum atomic E-state index is 12.1. The van der Waals surface area contributed by atoms with Crippen LogP contribution >= 0.6 is 23.1 Å². The number of aromatic nitrogens is 2. The Bertz CT molecular complexity index is 690. The molecule has 5 nitrogen and oxygen atoms in total. The topological polar surface area (TPSA) is 58.1 Å². The van der Waals surface area contributed by atoms with Gasteiger partial charge in [0.25, 0.3) is 5.91 Å². The Hall–Kier alpha value is -1.71. The number of carbonyl (C=O) groups excluding carboxylic acids is 1. The quantitative estimate of drug-likeness (QED) is 0.839. The maximum Gasteiger partial charge on any atom is 0.405 e. The summed E-state index contributed by atoms with van der Waals surface area (Å²) in [6.45, 7) is -0.264. The minimum atomic E-state index is -4.43. The lowest BCUT2D eigenvalue weighted by Crippen LogP contribution is -2.33. The standard InChI is InChI=1S/C14H14ClF3N4OS/c1-22(7-11-12(15)24-21-20-11)6-9-2-4-10(5-3-9)13(23)19-8-14(16,17)18/h2-5H,6-8H2,1H3,(H,19,23). The first-order valence-electron chi connectivity index (χ1n) is 6.84. The summed E-state index contributed by atoms with van der Waals surface area (Å²) in [6, 6.07) is 6.37. The van der Waals surface area contributed by atoms with Crippen LogP contribution in [-0.4, -0.2) is 40.2 Å². The van der Waals surface area contributed by atoms with Crippen molar-refractivity contribution in [3.8, 4) is 0 Å². The molecule has 0 bridgehead atoms. The molecule has 0 atom stereocenters. The largest absolute Gasteiger partial charge is 0.405 e. The Morgan fingerprint density at radius 2 is 1.96 bits per heavy atom. The van der Waals surface area contributed by atoms with Gasteiger partial charge in [0.05, 0.1) is 0 Å². The number of benzene rings is 1. The van der Waals surface area contributed by atoms with Gasteiger partial charge in [0, 0.05) is 30.2 Å². The van der Waals surface area contributed by atoms with Gasteiger partial charge in [-0.15, -0.1) is 5.10 Å². The third kappa shape index (κ3) is 5.73. The molecule has 0 aliphatic carbocycles. The minimum Gasteiger partial charge on any atom is -0.343 e. The highest BCUT2D eigenvalue weighted by Crippen LogP contribution is 2.19. The van der Waals surface area contributed by atoms with Crippen LogP contribution in [0.2, 0.25) is 4.34 Å². The Morgan fingerprint density at radius 3 is 2.50 bits per heavy atom. The van der Waals surface area contributed by atoms with E-state index in [1.54, 1.807) is 12.1 Å². The van der Waals surface area contributed by atoms with Crippen LogP contribution in [0.3, 0.4) is 0 Å². The average molecular weight is 379 g/mol. The van der Waals surface area contributed by atoms with E-state index in [0.717, 1.165) is 17.1 Å². The Labute approximate surface area is 145 Å². The zero-order chi connectivity index (χ0) is 17.7. The van der Waals surface area contributed by atoms with Gasteiger partial charge in [-0.1, -0.05) is 28.2 Å². The van der Waals surface area contributed by atoms with Crippen molar-refractivity contribution in [2.45, 2.75) is 19.3 Å². The van der Waals surface area contributed by atoms with E-state index in [1.807, 2.05) is 17.3 Å². The number of nitrogens with zero attached hydrogens (tertiary/aromatic N) is 3.